The molecular formula is C16H16O4S. The van der Waals surface area contributed by atoms with Crippen LogP contribution < -0.4 is 0 Å². The van der Waals surface area contributed by atoms with Crippen LogP contribution in [0.15, 0.2) is 60.7 Å². The molecule has 1 saturated heterocycles. The van der Waals surface area contributed by atoms with Crippen LogP contribution in [0.2, 0.25) is 0 Å². The maximum absolute atomic E-state index is 12.2. The summed E-state index contributed by atoms with van der Waals surface area (Å²) in [5.41, 5.74) is -0.511. The molecule has 0 amide bonds. The van der Waals surface area contributed by atoms with Crippen LogP contribution in [0.1, 0.15) is 17.5 Å². The van der Waals surface area contributed by atoms with E-state index in [1.807, 2.05) is 12.1 Å². The summed E-state index contributed by atoms with van der Waals surface area (Å²) in [6, 6.07) is 17.7. The summed E-state index contributed by atoms with van der Waals surface area (Å²) in [4.78, 5) is 0. The normalized spacial score (nSPS) is 21.3. The monoisotopic (exact) mass is 304 g/mol. The molecule has 1 heterocycles. The van der Waals surface area contributed by atoms with Crippen LogP contribution in [0.5, 0.6) is 0 Å². The van der Waals surface area contributed by atoms with Crippen molar-refractivity contribution in [3.05, 3.63) is 71.8 Å². The van der Waals surface area contributed by atoms with Gasteiger partial charge in [0.05, 0.1) is 6.61 Å². The van der Waals surface area contributed by atoms with Crippen LogP contribution in [0.4, 0.5) is 0 Å². The second-order valence-corrected chi connectivity index (χ2v) is 6.88. The molecule has 2 aromatic rings. The Morgan fingerprint density at radius 1 is 0.952 bits per heavy atom. The van der Waals surface area contributed by atoms with Crippen molar-refractivity contribution in [3.8, 4) is 0 Å². The van der Waals surface area contributed by atoms with Crippen molar-refractivity contribution in [2.45, 2.75) is 17.3 Å². The van der Waals surface area contributed by atoms with Gasteiger partial charge in [-0.2, -0.15) is 8.42 Å². The van der Waals surface area contributed by atoms with Gasteiger partial charge in [-0.3, -0.25) is 4.18 Å². The highest BCUT2D eigenvalue weighted by molar-refractivity contribution is 7.87. The first-order valence-electron chi connectivity index (χ1n) is 6.77. The van der Waals surface area contributed by atoms with E-state index in [1.54, 1.807) is 48.5 Å². The Balaban J connectivity index is 2.21. The number of rotatable bonds is 3. The molecule has 1 atom stereocenters. The van der Waals surface area contributed by atoms with Crippen molar-refractivity contribution >= 4 is 10.1 Å². The summed E-state index contributed by atoms with van der Waals surface area (Å²) in [7, 11) is -3.79. The highest BCUT2D eigenvalue weighted by Gasteiger charge is 2.50. The van der Waals surface area contributed by atoms with Gasteiger partial charge >= 0.3 is 0 Å². The highest BCUT2D eigenvalue weighted by atomic mass is 32.2. The minimum Gasteiger partial charge on any atom is -0.379 e. The lowest BCUT2D eigenvalue weighted by Crippen LogP contribution is -2.43. The molecule has 4 nitrogen and oxygen atoms in total. The van der Waals surface area contributed by atoms with Crippen molar-refractivity contribution < 1.29 is 17.7 Å². The third-order valence-corrected chi connectivity index (χ3v) is 5.64. The van der Waals surface area contributed by atoms with Crippen molar-refractivity contribution in [2.75, 3.05) is 6.61 Å². The van der Waals surface area contributed by atoms with E-state index in [-0.39, 0.29) is 13.0 Å². The molecule has 2 aromatic carbocycles. The number of aliphatic hydroxyl groups is 1. The number of benzene rings is 2. The van der Waals surface area contributed by atoms with Gasteiger partial charge in [0.1, 0.15) is 10.9 Å². The van der Waals surface area contributed by atoms with Gasteiger partial charge < -0.3 is 5.11 Å². The summed E-state index contributed by atoms with van der Waals surface area (Å²) in [6.45, 7) is 0.106. The smallest absolute Gasteiger partial charge is 0.273 e. The fraction of sp³-hybridized carbons (Fsp3) is 0.250. The van der Waals surface area contributed by atoms with Crippen LogP contribution in [0.3, 0.4) is 0 Å². The van der Waals surface area contributed by atoms with E-state index < -0.39 is 21.0 Å². The van der Waals surface area contributed by atoms with Gasteiger partial charge in [-0.25, -0.2) is 0 Å². The van der Waals surface area contributed by atoms with Crippen molar-refractivity contribution in [1.29, 1.82) is 0 Å². The van der Waals surface area contributed by atoms with Crippen molar-refractivity contribution in [3.63, 3.8) is 0 Å². The lowest BCUT2D eigenvalue weighted by Gasteiger charge is -2.33. The quantitative estimate of drug-likeness (QED) is 0.881. The molecule has 1 N–H and O–H groups in total. The zero-order chi connectivity index (χ0) is 14.9. The lowest BCUT2D eigenvalue weighted by molar-refractivity contribution is 0.0753. The largest absolute Gasteiger partial charge is 0.379 e. The van der Waals surface area contributed by atoms with Crippen LogP contribution in [-0.2, 0) is 19.9 Å². The summed E-state index contributed by atoms with van der Waals surface area (Å²) >= 11 is 0. The van der Waals surface area contributed by atoms with Crippen LogP contribution in [0.25, 0.3) is 0 Å². The third kappa shape index (κ3) is 2.37. The molecule has 3 rings (SSSR count). The maximum Gasteiger partial charge on any atom is 0.273 e. The zero-order valence-electron chi connectivity index (χ0n) is 11.3. The molecule has 5 heteroatoms. The average molecular weight is 304 g/mol. The summed E-state index contributed by atoms with van der Waals surface area (Å²) in [5, 5.41) is 10.3. The van der Waals surface area contributed by atoms with E-state index in [0.29, 0.717) is 11.1 Å². The average Bonchev–Trinajstić information content (AvgIpc) is 2.88. The van der Waals surface area contributed by atoms with E-state index in [0.717, 1.165) is 0 Å². The first-order chi connectivity index (χ1) is 10.0. The van der Waals surface area contributed by atoms with Gasteiger partial charge in [-0.05, 0) is 17.5 Å². The van der Waals surface area contributed by atoms with Gasteiger partial charge in [0, 0.05) is 0 Å². The zero-order valence-corrected chi connectivity index (χ0v) is 12.2. The van der Waals surface area contributed by atoms with Crippen molar-refractivity contribution in [2.24, 2.45) is 0 Å². The first kappa shape index (κ1) is 14.3. The third-order valence-electron chi connectivity index (χ3n) is 3.87. The SMILES string of the molecule is O=S1(=O)OCC[C@H]1C(O)(c1ccccc1)c1ccccc1. The minimum atomic E-state index is -3.79. The molecule has 0 aromatic heterocycles. The Morgan fingerprint density at radius 3 is 1.81 bits per heavy atom. The molecular weight excluding hydrogens is 288 g/mol. The molecule has 0 spiro atoms. The Hall–Kier alpha value is -1.69. The Morgan fingerprint density at radius 2 is 1.43 bits per heavy atom. The topological polar surface area (TPSA) is 63.6 Å². The lowest BCUT2D eigenvalue weighted by atomic mass is 9.82. The minimum absolute atomic E-state index is 0.106. The molecule has 0 radical (unpaired) electrons. The van der Waals surface area contributed by atoms with Gasteiger partial charge in [0.2, 0.25) is 0 Å². The van der Waals surface area contributed by atoms with E-state index in [9.17, 15) is 13.5 Å². The Labute approximate surface area is 124 Å². The molecule has 0 aliphatic carbocycles. The summed E-state index contributed by atoms with van der Waals surface area (Å²) in [5.74, 6) is 0. The van der Waals surface area contributed by atoms with E-state index in [4.69, 9.17) is 4.18 Å². The van der Waals surface area contributed by atoms with Gasteiger partial charge in [-0.15, -0.1) is 0 Å². The molecule has 1 aliphatic heterocycles. The summed E-state index contributed by atoms with van der Waals surface area (Å²) in [6.07, 6.45) is 0.266. The Kier molecular flexibility index (Phi) is 3.57. The molecule has 0 saturated carbocycles. The Bertz CT molecular complexity index is 671. The fourth-order valence-electron chi connectivity index (χ4n) is 2.84. The molecule has 110 valence electrons. The van der Waals surface area contributed by atoms with E-state index in [1.165, 1.54) is 0 Å². The molecule has 1 fully saturated rings. The van der Waals surface area contributed by atoms with Gasteiger partial charge in [0.25, 0.3) is 10.1 Å². The van der Waals surface area contributed by atoms with Gasteiger partial charge in [0.15, 0.2) is 0 Å². The fourth-order valence-corrected chi connectivity index (χ4v) is 4.41. The molecule has 0 bridgehead atoms. The van der Waals surface area contributed by atoms with Crippen LogP contribution in [-0.4, -0.2) is 25.4 Å². The standard InChI is InChI=1S/C16H16O4S/c17-16(13-7-3-1-4-8-13,14-9-5-2-6-10-14)15-11-12-20-21(15,18)19/h1-10,15,17H,11-12H2/t15-/m0/s1. The second kappa shape index (κ2) is 5.26. The molecule has 1 aliphatic rings. The van der Waals surface area contributed by atoms with E-state index in [2.05, 4.69) is 0 Å². The number of hydrogen-bond donors (Lipinski definition) is 1. The van der Waals surface area contributed by atoms with Crippen molar-refractivity contribution in [1.82, 2.24) is 0 Å². The molecule has 21 heavy (non-hydrogen) atoms. The second-order valence-electron chi connectivity index (χ2n) is 5.09. The number of hydrogen-bond acceptors (Lipinski definition) is 4. The maximum atomic E-state index is 12.2. The summed E-state index contributed by atoms with van der Waals surface area (Å²) < 4.78 is 29.2. The predicted octanol–water partition coefficient (Wildman–Crippen LogP) is 2.04. The van der Waals surface area contributed by atoms with Gasteiger partial charge in [-0.1, -0.05) is 60.7 Å². The van der Waals surface area contributed by atoms with Crippen LogP contribution in [0, 0.1) is 0 Å². The predicted molar refractivity (Wildman–Crippen MR) is 79.2 cm³/mol. The van der Waals surface area contributed by atoms with Crippen LogP contribution >= 0.6 is 0 Å². The highest BCUT2D eigenvalue weighted by Crippen LogP contribution is 2.40. The molecule has 0 unspecified atom stereocenters. The van der Waals surface area contributed by atoms with E-state index >= 15 is 0 Å². The first-order valence-corrected chi connectivity index (χ1v) is 8.24.